The van der Waals surface area contributed by atoms with Crippen molar-refractivity contribution in [3.8, 4) is 0 Å². The molecule has 0 saturated heterocycles. The monoisotopic (exact) mass is 477 g/mol. The van der Waals surface area contributed by atoms with Gasteiger partial charge in [-0.1, -0.05) is 30.3 Å². The fraction of sp³-hybridized carbons (Fsp3) is 0.0357. The van der Waals surface area contributed by atoms with E-state index in [1.54, 1.807) is 66.9 Å². The lowest BCUT2D eigenvalue weighted by Crippen LogP contribution is -2.20. The lowest BCUT2D eigenvalue weighted by Gasteiger charge is -2.13. The highest BCUT2D eigenvalue weighted by molar-refractivity contribution is 6.35. The van der Waals surface area contributed by atoms with E-state index in [4.69, 9.17) is 0 Å². The maximum Gasteiger partial charge on any atom is 0.323 e. The number of anilines is 4. The molecule has 1 aliphatic rings. The van der Waals surface area contributed by atoms with Gasteiger partial charge < -0.3 is 26.3 Å². The Balaban J connectivity index is 1.27. The minimum absolute atomic E-state index is 0.203. The van der Waals surface area contributed by atoms with Crippen molar-refractivity contribution in [1.82, 2.24) is 4.98 Å². The highest BCUT2D eigenvalue weighted by atomic mass is 16.2. The molecule has 0 unspecified atom stereocenters. The summed E-state index contributed by atoms with van der Waals surface area (Å²) >= 11 is 0. The van der Waals surface area contributed by atoms with Crippen LogP contribution in [0, 0.1) is 6.92 Å². The number of nitrogens with one attached hydrogen (secondary N) is 5. The van der Waals surface area contributed by atoms with Crippen LogP contribution in [-0.4, -0.2) is 22.8 Å². The van der Waals surface area contributed by atoms with E-state index < -0.39 is 6.03 Å². The number of carbonyl (C=O) groups excluding carboxylic acids is 3. The number of hydrogen-bond donors (Lipinski definition) is 5. The molecule has 0 bridgehead atoms. The van der Waals surface area contributed by atoms with Crippen LogP contribution < -0.4 is 21.3 Å². The first-order valence-corrected chi connectivity index (χ1v) is 11.3. The molecular weight excluding hydrogens is 454 g/mol. The third-order valence-corrected chi connectivity index (χ3v) is 5.76. The van der Waals surface area contributed by atoms with Gasteiger partial charge in [-0.3, -0.25) is 9.59 Å². The topological polar surface area (TPSA) is 115 Å². The normalized spacial score (nSPS) is 13.1. The molecule has 1 aromatic heterocycles. The van der Waals surface area contributed by atoms with Crippen LogP contribution in [0.1, 0.15) is 27.2 Å². The van der Waals surface area contributed by atoms with Gasteiger partial charge in [-0.2, -0.15) is 0 Å². The molecule has 0 aliphatic carbocycles. The summed E-state index contributed by atoms with van der Waals surface area (Å²) in [6.45, 7) is 1.86. The third kappa shape index (κ3) is 4.88. The second-order valence-electron chi connectivity index (χ2n) is 8.33. The maximum absolute atomic E-state index is 12.7. The lowest BCUT2D eigenvalue weighted by atomic mass is 10.1. The average molecular weight is 478 g/mol. The minimum atomic E-state index is -0.448. The summed E-state index contributed by atoms with van der Waals surface area (Å²) in [6.07, 6.45) is 3.58. The summed E-state index contributed by atoms with van der Waals surface area (Å²) in [7, 11) is 0. The third-order valence-electron chi connectivity index (χ3n) is 5.76. The van der Waals surface area contributed by atoms with Gasteiger partial charge in [0.05, 0.1) is 11.3 Å². The van der Waals surface area contributed by atoms with E-state index in [2.05, 4.69) is 26.3 Å². The van der Waals surface area contributed by atoms with Gasteiger partial charge in [0.15, 0.2) is 0 Å². The number of benzene rings is 3. The van der Waals surface area contributed by atoms with Crippen LogP contribution in [0.4, 0.5) is 27.5 Å². The number of hydrogen-bond acceptors (Lipinski definition) is 3. The Morgan fingerprint density at radius 2 is 1.61 bits per heavy atom. The van der Waals surface area contributed by atoms with Gasteiger partial charge in [0.1, 0.15) is 0 Å². The number of amides is 4. The second kappa shape index (κ2) is 9.63. The van der Waals surface area contributed by atoms with E-state index in [1.165, 1.54) is 0 Å². The van der Waals surface area contributed by atoms with E-state index in [9.17, 15) is 14.4 Å². The zero-order valence-electron chi connectivity index (χ0n) is 19.4. The fourth-order valence-corrected chi connectivity index (χ4v) is 3.92. The molecule has 0 spiro atoms. The van der Waals surface area contributed by atoms with Crippen molar-refractivity contribution in [2.75, 3.05) is 21.3 Å². The molecule has 3 aromatic carbocycles. The minimum Gasteiger partial charge on any atom is -0.362 e. The Kier molecular flexibility index (Phi) is 6.07. The molecule has 8 nitrogen and oxygen atoms in total. The van der Waals surface area contributed by atoms with Crippen molar-refractivity contribution >= 4 is 52.2 Å². The molecule has 8 heteroatoms. The molecule has 1 aliphatic heterocycles. The number of H-pyrrole nitrogens is 1. The van der Waals surface area contributed by atoms with E-state index in [0.717, 1.165) is 16.8 Å². The van der Waals surface area contributed by atoms with Gasteiger partial charge in [0, 0.05) is 40.1 Å². The van der Waals surface area contributed by atoms with Crippen molar-refractivity contribution in [1.29, 1.82) is 0 Å². The number of fused-ring (bicyclic) bond motifs is 1. The molecule has 0 fully saturated rings. The number of aryl methyl sites for hydroxylation is 1. The van der Waals surface area contributed by atoms with Crippen molar-refractivity contribution in [2.45, 2.75) is 6.92 Å². The summed E-state index contributed by atoms with van der Waals surface area (Å²) in [5.41, 5.74) is 5.79. The van der Waals surface area contributed by atoms with Crippen molar-refractivity contribution in [3.63, 3.8) is 0 Å². The zero-order valence-corrected chi connectivity index (χ0v) is 19.4. The Morgan fingerprint density at radius 1 is 0.833 bits per heavy atom. The SMILES string of the molecule is Cc1ccc(NC(=O)c2ccccc2)cc1NC(=O)Nc1ccc2c(c1)NC(=O)C2=Cc1ccc[nH]1. The summed E-state index contributed by atoms with van der Waals surface area (Å²) in [4.78, 5) is 40.7. The quantitative estimate of drug-likeness (QED) is 0.237. The van der Waals surface area contributed by atoms with Crippen LogP contribution in [0.15, 0.2) is 85.1 Å². The van der Waals surface area contributed by atoms with E-state index in [0.29, 0.717) is 33.9 Å². The molecule has 4 amide bonds. The van der Waals surface area contributed by atoms with E-state index in [-0.39, 0.29) is 11.8 Å². The van der Waals surface area contributed by atoms with Crippen LogP contribution in [-0.2, 0) is 4.79 Å². The average Bonchev–Trinajstić information content (AvgIpc) is 3.49. The number of urea groups is 1. The van der Waals surface area contributed by atoms with Crippen molar-refractivity contribution in [3.05, 3.63) is 107 Å². The lowest BCUT2D eigenvalue weighted by molar-refractivity contribution is -0.110. The van der Waals surface area contributed by atoms with Crippen LogP contribution in [0.2, 0.25) is 0 Å². The first-order chi connectivity index (χ1) is 17.5. The Hall–Kier alpha value is -5.11. The smallest absolute Gasteiger partial charge is 0.323 e. The van der Waals surface area contributed by atoms with E-state index >= 15 is 0 Å². The molecule has 2 heterocycles. The summed E-state index contributed by atoms with van der Waals surface area (Å²) in [5.74, 6) is -0.439. The molecule has 0 radical (unpaired) electrons. The first-order valence-electron chi connectivity index (χ1n) is 11.3. The standard InChI is InChI=1S/C28H23N5O3/c1-17-9-10-20(30-26(34)18-6-3-2-4-7-18)15-24(17)33-28(36)31-21-11-12-22-23(14-19-8-5-13-29-19)27(35)32-25(22)16-21/h2-16,29H,1H3,(H,30,34)(H,32,35)(H2,31,33,36). The predicted molar refractivity (Wildman–Crippen MR) is 142 cm³/mol. The number of aromatic amines is 1. The van der Waals surface area contributed by atoms with E-state index in [1.807, 2.05) is 31.2 Å². The van der Waals surface area contributed by atoms with Gasteiger partial charge in [-0.05, 0) is 67.1 Å². The Labute approximate surface area is 207 Å². The highest BCUT2D eigenvalue weighted by Gasteiger charge is 2.24. The van der Waals surface area contributed by atoms with Crippen LogP contribution in [0.3, 0.4) is 0 Å². The molecule has 5 N–H and O–H groups in total. The van der Waals surface area contributed by atoms with Gasteiger partial charge in [-0.15, -0.1) is 0 Å². The predicted octanol–water partition coefficient (Wildman–Crippen LogP) is 5.71. The van der Waals surface area contributed by atoms with Gasteiger partial charge in [0.2, 0.25) is 0 Å². The molecule has 4 aromatic rings. The summed E-state index contributed by atoms with van der Waals surface area (Å²) in [6, 6.07) is 22.7. The largest absolute Gasteiger partial charge is 0.362 e. The molecular formula is C28H23N5O3. The van der Waals surface area contributed by atoms with Gasteiger partial charge in [-0.25, -0.2) is 4.79 Å². The number of aromatic nitrogens is 1. The van der Waals surface area contributed by atoms with Gasteiger partial charge in [0.25, 0.3) is 11.8 Å². The Bertz CT molecular complexity index is 1490. The molecule has 0 atom stereocenters. The summed E-state index contributed by atoms with van der Waals surface area (Å²) in [5, 5.41) is 11.3. The maximum atomic E-state index is 12.7. The van der Waals surface area contributed by atoms with Crippen LogP contribution in [0.5, 0.6) is 0 Å². The highest BCUT2D eigenvalue weighted by Crippen LogP contribution is 2.35. The van der Waals surface area contributed by atoms with Crippen molar-refractivity contribution < 1.29 is 14.4 Å². The fourth-order valence-electron chi connectivity index (χ4n) is 3.92. The summed E-state index contributed by atoms with van der Waals surface area (Å²) < 4.78 is 0. The van der Waals surface area contributed by atoms with Crippen molar-refractivity contribution in [2.24, 2.45) is 0 Å². The zero-order chi connectivity index (χ0) is 25.1. The molecule has 178 valence electrons. The Morgan fingerprint density at radius 3 is 2.39 bits per heavy atom. The number of rotatable bonds is 5. The second-order valence-corrected chi connectivity index (χ2v) is 8.33. The molecule has 0 saturated carbocycles. The molecule has 5 rings (SSSR count). The number of carbonyl (C=O) groups is 3. The molecule has 36 heavy (non-hydrogen) atoms. The van der Waals surface area contributed by atoms with Gasteiger partial charge >= 0.3 is 6.03 Å². The van der Waals surface area contributed by atoms with Crippen LogP contribution >= 0.6 is 0 Å². The van der Waals surface area contributed by atoms with Crippen LogP contribution in [0.25, 0.3) is 11.6 Å². The first kappa shape index (κ1) is 22.7.